The number of nitrogens with zero attached hydrogens (tertiary/aromatic N) is 3. The monoisotopic (exact) mass is 421 g/mol. The van der Waals surface area contributed by atoms with Gasteiger partial charge < -0.3 is 4.74 Å². The molecule has 0 bridgehead atoms. The Labute approximate surface area is 156 Å². The van der Waals surface area contributed by atoms with Gasteiger partial charge >= 0.3 is 0 Å². The quantitative estimate of drug-likeness (QED) is 0.588. The van der Waals surface area contributed by atoms with Crippen LogP contribution in [0.1, 0.15) is 41.5 Å². The van der Waals surface area contributed by atoms with E-state index in [0.717, 1.165) is 31.4 Å². The number of carbonyl (C=O) groups is 1. The van der Waals surface area contributed by atoms with Crippen molar-refractivity contribution in [1.82, 2.24) is 14.8 Å². The van der Waals surface area contributed by atoms with Gasteiger partial charge in [-0.25, -0.2) is 18.4 Å². The summed E-state index contributed by atoms with van der Waals surface area (Å²) in [4.78, 5) is 17.2. The molecule has 1 fully saturated rings. The molecule has 1 unspecified atom stereocenters. The Kier molecular flexibility index (Phi) is 4.54. The van der Waals surface area contributed by atoms with Crippen LogP contribution in [-0.4, -0.2) is 27.2 Å². The van der Waals surface area contributed by atoms with Crippen molar-refractivity contribution in [1.29, 1.82) is 0 Å². The first-order valence-corrected chi connectivity index (χ1v) is 8.99. The Morgan fingerprint density at radius 1 is 1.27 bits per heavy atom. The third kappa shape index (κ3) is 3.03. The molecule has 4 rings (SSSR count). The van der Waals surface area contributed by atoms with Crippen LogP contribution in [0.3, 0.4) is 0 Å². The van der Waals surface area contributed by atoms with Crippen LogP contribution in [0.5, 0.6) is 0 Å². The number of carbonyl (C=O) groups excluding carboxylic acids is 1. The van der Waals surface area contributed by atoms with E-state index in [1.165, 1.54) is 0 Å². The van der Waals surface area contributed by atoms with E-state index >= 15 is 0 Å². The SMILES string of the molecule is O=C(c1ccc(F)cc1F)c1nn(C2CCCCO2)c2ncc(Br)cc12. The molecule has 1 saturated heterocycles. The van der Waals surface area contributed by atoms with E-state index in [0.29, 0.717) is 28.2 Å². The maximum absolute atomic E-state index is 14.1. The summed E-state index contributed by atoms with van der Waals surface area (Å²) in [5, 5.41) is 4.88. The van der Waals surface area contributed by atoms with Gasteiger partial charge in [-0.3, -0.25) is 4.79 Å². The number of fused-ring (bicyclic) bond motifs is 1. The summed E-state index contributed by atoms with van der Waals surface area (Å²) in [6.45, 7) is 0.610. The van der Waals surface area contributed by atoms with Crippen molar-refractivity contribution in [2.24, 2.45) is 0 Å². The zero-order valence-corrected chi connectivity index (χ0v) is 15.2. The minimum Gasteiger partial charge on any atom is -0.356 e. The van der Waals surface area contributed by atoms with Gasteiger partial charge in [0.15, 0.2) is 11.9 Å². The van der Waals surface area contributed by atoms with Crippen molar-refractivity contribution in [3.05, 3.63) is 57.8 Å². The number of pyridine rings is 1. The van der Waals surface area contributed by atoms with Crippen molar-refractivity contribution in [2.75, 3.05) is 6.61 Å². The van der Waals surface area contributed by atoms with Crippen molar-refractivity contribution in [3.8, 4) is 0 Å². The van der Waals surface area contributed by atoms with E-state index in [1.54, 1.807) is 16.9 Å². The summed E-state index contributed by atoms with van der Waals surface area (Å²) in [6, 6.07) is 4.57. The van der Waals surface area contributed by atoms with Gasteiger partial charge in [-0.1, -0.05) is 0 Å². The van der Waals surface area contributed by atoms with Crippen LogP contribution in [0.15, 0.2) is 34.9 Å². The summed E-state index contributed by atoms with van der Waals surface area (Å²) in [5.41, 5.74) is 0.321. The molecule has 0 spiro atoms. The fourth-order valence-corrected chi connectivity index (χ4v) is 3.42. The van der Waals surface area contributed by atoms with Crippen LogP contribution in [0.2, 0.25) is 0 Å². The molecule has 8 heteroatoms. The molecule has 2 aromatic heterocycles. The van der Waals surface area contributed by atoms with Crippen LogP contribution in [0.25, 0.3) is 11.0 Å². The zero-order chi connectivity index (χ0) is 18.3. The predicted molar refractivity (Wildman–Crippen MR) is 93.9 cm³/mol. The van der Waals surface area contributed by atoms with Gasteiger partial charge in [0.1, 0.15) is 17.3 Å². The first-order valence-electron chi connectivity index (χ1n) is 8.19. The Morgan fingerprint density at radius 3 is 2.85 bits per heavy atom. The molecular formula is C18H14BrF2N3O2. The van der Waals surface area contributed by atoms with E-state index in [4.69, 9.17) is 4.74 Å². The number of ether oxygens (including phenoxy) is 1. The highest BCUT2D eigenvalue weighted by Crippen LogP contribution is 2.29. The van der Waals surface area contributed by atoms with Crippen molar-refractivity contribution >= 4 is 32.7 Å². The highest BCUT2D eigenvalue weighted by atomic mass is 79.9. The third-order valence-electron chi connectivity index (χ3n) is 4.33. The molecule has 0 saturated carbocycles. The topological polar surface area (TPSA) is 57.0 Å². The standard InChI is InChI=1S/C18H14BrF2N3O2/c19-10-7-13-16(17(25)12-5-4-11(20)8-14(12)21)23-24(18(13)22-9-10)15-3-1-2-6-26-15/h4-5,7-9,15H,1-3,6H2. The fraction of sp³-hybridized carbons (Fsp3) is 0.278. The second-order valence-electron chi connectivity index (χ2n) is 6.09. The van der Waals surface area contributed by atoms with Crippen LogP contribution in [-0.2, 0) is 4.74 Å². The summed E-state index contributed by atoms with van der Waals surface area (Å²) in [6.07, 6.45) is 4.00. The molecule has 1 aliphatic rings. The van der Waals surface area contributed by atoms with Gasteiger partial charge in [0.2, 0.25) is 5.78 Å². The molecule has 1 atom stereocenters. The van der Waals surface area contributed by atoms with Gasteiger partial charge in [0.05, 0.1) is 10.9 Å². The fourth-order valence-electron chi connectivity index (χ4n) is 3.08. The first kappa shape index (κ1) is 17.2. The molecule has 1 aromatic carbocycles. The number of ketones is 1. The summed E-state index contributed by atoms with van der Waals surface area (Å²) >= 11 is 3.34. The Morgan fingerprint density at radius 2 is 2.12 bits per heavy atom. The van der Waals surface area contributed by atoms with E-state index in [2.05, 4.69) is 26.0 Å². The van der Waals surface area contributed by atoms with Crippen LogP contribution in [0.4, 0.5) is 8.78 Å². The maximum atomic E-state index is 14.1. The van der Waals surface area contributed by atoms with Gasteiger partial charge in [-0.2, -0.15) is 5.10 Å². The Bertz CT molecular complexity index is 1000. The zero-order valence-electron chi connectivity index (χ0n) is 13.6. The lowest BCUT2D eigenvalue weighted by Crippen LogP contribution is -2.20. The molecule has 5 nitrogen and oxygen atoms in total. The second-order valence-corrected chi connectivity index (χ2v) is 7.01. The lowest BCUT2D eigenvalue weighted by molar-refractivity contribution is -0.0371. The van der Waals surface area contributed by atoms with Gasteiger partial charge in [-0.15, -0.1) is 0 Å². The predicted octanol–water partition coefficient (Wildman–Crippen LogP) is 4.40. The number of aromatic nitrogens is 3. The largest absolute Gasteiger partial charge is 0.356 e. The summed E-state index contributed by atoms with van der Waals surface area (Å²) < 4.78 is 35.2. The first-order chi connectivity index (χ1) is 12.5. The number of hydrogen-bond donors (Lipinski definition) is 0. The van der Waals surface area contributed by atoms with Gasteiger partial charge in [-0.05, 0) is 53.4 Å². The number of halogens is 3. The highest BCUT2D eigenvalue weighted by molar-refractivity contribution is 9.10. The number of benzene rings is 1. The normalized spacial score (nSPS) is 17.6. The molecule has 0 aliphatic carbocycles. The molecule has 3 aromatic rings. The maximum Gasteiger partial charge on any atom is 0.216 e. The van der Waals surface area contributed by atoms with Gasteiger partial charge in [0.25, 0.3) is 0 Å². The van der Waals surface area contributed by atoms with Crippen molar-refractivity contribution < 1.29 is 18.3 Å². The van der Waals surface area contributed by atoms with E-state index in [9.17, 15) is 13.6 Å². The number of hydrogen-bond acceptors (Lipinski definition) is 4. The molecule has 134 valence electrons. The van der Waals surface area contributed by atoms with Gasteiger partial charge in [0, 0.05) is 23.3 Å². The lowest BCUT2D eigenvalue weighted by atomic mass is 10.1. The van der Waals surface area contributed by atoms with Crippen LogP contribution >= 0.6 is 15.9 Å². The highest BCUT2D eigenvalue weighted by Gasteiger charge is 2.26. The van der Waals surface area contributed by atoms with Crippen LogP contribution in [0, 0.1) is 11.6 Å². The van der Waals surface area contributed by atoms with E-state index < -0.39 is 17.4 Å². The Balaban J connectivity index is 1.86. The lowest BCUT2D eigenvalue weighted by Gasteiger charge is -2.22. The number of rotatable bonds is 3. The molecule has 0 amide bonds. The second kappa shape index (κ2) is 6.85. The molecule has 26 heavy (non-hydrogen) atoms. The van der Waals surface area contributed by atoms with Crippen LogP contribution < -0.4 is 0 Å². The van der Waals surface area contributed by atoms with E-state index in [-0.39, 0.29) is 17.5 Å². The van der Waals surface area contributed by atoms with Crippen molar-refractivity contribution in [2.45, 2.75) is 25.5 Å². The molecular weight excluding hydrogens is 408 g/mol. The summed E-state index contributed by atoms with van der Waals surface area (Å²) in [5.74, 6) is -2.29. The molecule has 0 radical (unpaired) electrons. The van der Waals surface area contributed by atoms with Crippen molar-refractivity contribution in [3.63, 3.8) is 0 Å². The average Bonchev–Trinajstić information content (AvgIpc) is 3.00. The minimum absolute atomic E-state index is 0.0634. The smallest absolute Gasteiger partial charge is 0.216 e. The molecule has 1 aliphatic heterocycles. The minimum atomic E-state index is -0.922. The third-order valence-corrected chi connectivity index (χ3v) is 4.77. The average molecular weight is 422 g/mol. The molecule has 3 heterocycles. The molecule has 0 N–H and O–H groups in total. The Hall–Kier alpha value is -2.19. The summed E-state index contributed by atoms with van der Waals surface area (Å²) in [7, 11) is 0. The van der Waals surface area contributed by atoms with E-state index in [1.807, 2.05) is 0 Å².